The molecule has 0 saturated carbocycles. The summed E-state index contributed by atoms with van der Waals surface area (Å²) in [5.41, 5.74) is 6.59. The zero-order valence-corrected chi connectivity index (χ0v) is 12.9. The number of nitrogens with zero attached hydrogens (tertiary/aromatic N) is 2. The van der Waals surface area contributed by atoms with E-state index in [2.05, 4.69) is 11.6 Å². The molecule has 1 atom stereocenters. The standard InChI is InChI=1S/C16H15N3O3S/c1-11(20)16(17)15-9-12-10-18-8-7-14(12)19(15)23(21,22)13-5-3-2-4-6-13/h2-10,16,20H,1,17H2/t16-/m1/s1. The van der Waals surface area contributed by atoms with Gasteiger partial charge in [0.1, 0.15) is 11.8 Å². The summed E-state index contributed by atoms with van der Waals surface area (Å²) in [5, 5.41) is 10.2. The largest absolute Gasteiger partial charge is 0.511 e. The van der Waals surface area contributed by atoms with Crippen LogP contribution in [0.3, 0.4) is 0 Å². The third-order valence-electron chi connectivity index (χ3n) is 3.54. The molecule has 0 aliphatic heterocycles. The number of benzene rings is 1. The van der Waals surface area contributed by atoms with Gasteiger partial charge >= 0.3 is 0 Å². The van der Waals surface area contributed by atoms with E-state index >= 15 is 0 Å². The van der Waals surface area contributed by atoms with Crippen LogP contribution in [0.15, 0.2) is 72.1 Å². The second-order valence-electron chi connectivity index (χ2n) is 5.06. The molecule has 23 heavy (non-hydrogen) atoms. The molecule has 0 bridgehead atoms. The molecule has 1 aromatic carbocycles. The van der Waals surface area contributed by atoms with Crippen molar-refractivity contribution in [2.75, 3.05) is 0 Å². The molecular formula is C16H15N3O3S. The SMILES string of the molecule is C=C(O)[C@@H](N)c1cc2cnccc2n1S(=O)(=O)c1ccccc1. The normalized spacial score (nSPS) is 13.1. The first-order chi connectivity index (χ1) is 10.9. The summed E-state index contributed by atoms with van der Waals surface area (Å²) in [7, 11) is -3.87. The Kier molecular flexibility index (Phi) is 3.67. The van der Waals surface area contributed by atoms with Crippen molar-refractivity contribution < 1.29 is 13.5 Å². The number of hydrogen-bond donors (Lipinski definition) is 2. The Balaban J connectivity index is 2.36. The molecule has 0 aliphatic carbocycles. The van der Waals surface area contributed by atoms with Gasteiger partial charge in [0.2, 0.25) is 0 Å². The molecule has 0 spiro atoms. The van der Waals surface area contributed by atoms with E-state index in [4.69, 9.17) is 5.73 Å². The van der Waals surface area contributed by atoms with E-state index < -0.39 is 16.1 Å². The van der Waals surface area contributed by atoms with Crippen molar-refractivity contribution >= 4 is 20.9 Å². The van der Waals surface area contributed by atoms with Gasteiger partial charge in [0, 0.05) is 17.8 Å². The number of nitrogens with two attached hydrogens (primary N) is 1. The van der Waals surface area contributed by atoms with Crippen LogP contribution in [0.4, 0.5) is 0 Å². The van der Waals surface area contributed by atoms with Crippen LogP contribution < -0.4 is 5.73 Å². The van der Waals surface area contributed by atoms with E-state index in [0.717, 1.165) is 3.97 Å². The molecule has 6 nitrogen and oxygen atoms in total. The van der Waals surface area contributed by atoms with Crippen molar-refractivity contribution in [1.82, 2.24) is 8.96 Å². The Morgan fingerprint density at radius 2 is 1.96 bits per heavy atom. The number of aliphatic hydroxyl groups is 1. The molecule has 0 saturated heterocycles. The van der Waals surface area contributed by atoms with Crippen LogP contribution in [-0.4, -0.2) is 22.5 Å². The quantitative estimate of drug-likeness (QED) is 0.716. The highest BCUT2D eigenvalue weighted by Gasteiger charge is 2.26. The van der Waals surface area contributed by atoms with E-state index in [1.54, 1.807) is 36.5 Å². The topological polar surface area (TPSA) is 98.2 Å². The van der Waals surface area contributed by atoms with E-state index in [0.29, 0.717) is 10.9 Å². The highest BCUT2D eigenvalue weighted by molar-refractivity contribution is 7.90. The maximum Gasteiger partial charge on any atom is 0.268 e. The molecule has 0 aliphatic rings. The molecule has 2 aromatic heterocycles. The lowest BCUT2D eigenvalue weighted by molar-refractivity contribution is 0.370. The third kappa shape index (κ3) is 2.49. The van der Waals surface area contributed by atoms with E-state index in [-0.39, 0.29) is 16.3 Å². The maximum absolute atomic E-state index is 13.0. The minimum Gasteiger partial charge on any atom is -0.511 e. The highest BCUT2D eigenvalue weighted by atomic mass is 32.2. The van der Waals surface area contributed by atoms with Crippen LogP contribution in [0.1, 0.15) is 11.7 Å². The number of pyridine rings is 1. The maximum atomic E-state index is 13.0. The fourth-order valence-corrected chi connectivity index (χ4v) is 3.99. The molecule has 118 valence electrons. The van der Waals surface area contributed by atoms with E-state index in [9.17, 15) is 13.5 Å². The number of aliphatic hydroxyl groups excluding tert-OH is 1. The molecule has 0 amide bonds. The minimum absolute atomic E-state index is 0.131. The zero-order chi connectivity index (χ0) is 16.6. The Hall–Kier alpha value is -2.64. The fraction of sp³-hybridized carbons (Fsp3) is 0.0625. The predicted molar refractivity (Wildman–Crippen MR) is 87.5 cm³/mol. The number of fused-ring (bicyclic) bond motifs is 1. The lowest BCUT2D eigenvalue weighted by atomic mass is 10.2. The number of rotatable bonds is 4. The zero-order valence-electron chi connectivity index (χ0n) is 12.1. The van der Waals surface area contributed by atoms with Crippen molar-refractivity contribution in [2.45, 2.75) is 10.9 Å². The summed E-state index contributed by atoms with van der Waals surface area (Å²) in [5.74, 6) is -0.315. The molecule has 0 fully saturated rings. The summed E-state index contributed by atoms with van der Waals surface area (Å²) in [4.78, 5) is 4.12. The van der Waals surface area contributed by atoms with Gasteiger partial charge < -0.3 is 10.8 Å². The van der Waals surface area contributed by atoms with E-state index in [1.165, 1.54) is 18.3 Å². The summed E-state index contributed by atoms with van der Waals surface area (Å²) < 4.78 is 27.2. The predicted octanol–water partition coefficient (Wildman–Crippen LogP) is 2.34. The summed E-state index contributed by atoms with van der Waals surface area (Å²) in [6.07, 6.45) is 3.05. The van der Waals surface area contributed by atoms with Crippen LogP contribution in [0.5, 0.6) is 0 Å². The summed E-state index contributed by atoms with van der Waals surface area (Å²) in [6, 6.07) is 10.2. The first kappa shape index (κ1) is 15.3. The van der Waals surface area contributed by atoms with Gasteiger partial charge in [-0.25, -0.2) is 12.4 Å². The lowest BCUT2D eigenvalue weighted by Crippen LogP contribution is -2.22. The van der Waals surface area contributed by atoms with Gasteiger partial charge in [0.05, 0.1) is 16.1 Å². The first-order valence-electron chi connectivity index (χ1n) is 6.82. The van der Waals surface area contributed by atoms with Crippen molar-refractivity contribution in [3.05, 3.63) is 72.9 Å². The van der Waals surface area contributed by atoms with Gasteiger partial charge in [-0.1, -0.05) is 24.8 Å². The molecule has 7 heteroatoms. The summed E-state index contributed by atoms with van der Waals surface area (Å²) >= 11 is 0. The Morgan fingerprint density at radius 1 is 1.26 bits per heavy atom. The van der Waals surface area contributed by atoms with Gasteiger partial charge in [-0.05, 0) is 24.3 Å². The molecule has 2 heterocycles. The van der Waals surface area contributed by atoms with Gasteiger partial charge in [-0.2, -0.15) is 0 Å². The highest BCUT2D eigenvalue weighted by Crippen LogP contribution is 2.29. The summed E-state index contributed by atoms with van der Waals surface area (Å²) in [6.45, 7) is 3.40. The van der Waals surface area contributed by atoms with E-state index in [1.807, 2.05) is 0 Å². The minimum atomic E-state index is -3.87. The fourth-order valence-electron chi connectivity index (χ4n) is 2.41. The van der Waals surface area contributed by atoms with Crippen molar-refractivity contribution in [3.63, 3.8) is 0 Å². The van der Waals surface area contributed by atoms with Gasteiger partial charge in [-0.3, -0.25) is 4.98 Å². The molecular weight excluding hydrogens is 314 g/mol. The molecule has 0 unspecified atom stereocenters. The third-order valence-corrected chi connectivity index (χ3v) is 5.30. The molecule has 3 rings (SSSR count). The first-order valence-corrected chi connectivity index (χ1v) is 8.26. The number of aromatic nitrogens is 2. The molecule has 0 radical (unpaired) electrons. The Bertz CT molecular complexity index is 978. The Labute approximate surface area is 133 Å². The van der Waals surface area contributed by atoms with Gasteiger partial charge in [-0.15, -0.1) is 0 Å². The molecule has 3 aromatic rings. The smallest absolute Gasteiger partial charge is 0.268 e. The van der Waals surface area contributed by atoms with Crippen LogP contribution >= 0.6 is 0 Å². The van der Waals surface area contributed by atoms with Crippen molar-refractivity contribution in [2.24, 2.45) is 5.73 Å². The van der Waals surface area contributed by atoms with Crippen molar-refractivity contribution in [3.8, 4) is 0 Å². The van der Waals surface area contributed by atoms with Gasteiger partial charge in [0.25, 0.3) is 10.0 Å². The van der Waals surface area contributed by atoms with Crippen LogP contribution in [-0.2, 0) is 10.0 Å². The lowest BCUT2D eigenvalue weighted by Gasteiger charge is -2.15. The number of hydrogen-bond acceptors (Lipinski definition) is 5. The average molecular weight is 329 g/mol. The van der Waals surface area contributed by atoms with Gasteiger partial charge in [0.15, 0.2) is 0 Å². The second kappa shape index (κ2) is 5.53. The Morgan fingerprint density at radius 3 is 2.61 bits per heavy atom. The van der Waals surface area contributed by atoms with Crippen molar-refractivity contribution in [1.29, 1.82) is 0 Å². The van der Waals surface area contributed by atoms with Crippen LogP contribution in [0.25, 0.3) is 10.9 Å². The monoisotopic (exact) mass is 329 g/mol. The second-order valence-corrected chi connectivity index (χ2v) is 6.84. The van der Waals surface area contributed by atoms with Crippen LogP contribution in [0, 0.1) is 0 Å². The molecule has 3 N–H and O–H groups in total. The van der Waals surface area contributed by atoms with Crippen LogP contribution in [0.2, 0.25) is 0 Å². The average Bonchev–Trinajstić information content (AvgIpc) is 2.94.